The summed E-state index contributed by atoms with van der Waals surface area (Å²) in [6.45, 7) is 2.46. The van der Waals surface area contributed by atoms with Crippen LogP contribution < -0.4 is 5.32 Å². The van der Waals surface area contributed by atoms with Gasteiger partial charge in [-0.3, -0.25) is 4.79 Å². The molecular weight excluding hydrogens is 329 g/mol. The van der Waals surface area contributed by atoms with E-state index in [0.717, 1.165) is 0 Å². The van der Waals surface area contributed by atoms with Crippen LogP contribution in [0.25, 0.3) is 0 Å². The van der Waals surface area contributed by atoms with E-state index in [1.54, 1.807) is 0 Å². The van der Waals surface area contributed by atoms with Crippen molar-refractivity contribution in [3.8, 4) is 0 Å². The molecule has 0 saturated carbocycles. The number of amides is 1. The Morgan fingerprint density at radius 3 is 2.80 bits per heavy atom. The average molecular weight is 339 g/mol. The van der Waals surface area contributed by atoms with Crippen molar-refractivity contribution in [2.24, 2.45) is 0 Å². The van der Waals surface area contributed by atoms with Crippen molar-refractivity contribution >= 4 is 37.8 Å². The predicted octanol–water partition coefficient (Wildman–Crippen LogP) is 3.10. The summed E-state index contributed by atoms with van der Waals surface area (Å²) in [6, 6.07) is 3.98. The molecule has 15 heavy (non-hydrogen) atoms. The molecule has 0 bridgehead atoms. The lowest BCUT2D eigenvalue weighted by Crippen LogP contribution is -2.28. The first-order valence-electron chi connectivity index (χ1n) is 4.38. The van der Waals surface area contributed by atoms with Crippen LogP contribution in [0.5, 0.6) is 0 Å². The molecule has 1 unspecified atom stereocenters. The number of hydrogen-bond acceptors (Lipinski definition) is 1. The first kappa shape index (κ1) is 12.6. The van der Waals surface area contributed by atoms with Crippen LogP contribution in [0.4, 0.5) is 4.39 Å². The number of alkyl halides is 1. The molecular formula is C10H10Br2FNO. The first-order valence-corrected chi connectivity index (χ1v) is 6.09. The van der Waals surface area contributed by atoms with Gasteiger partial charge in [-0.05, 0) is 34.1 Å². The van der Waals surface area contributed by atoms with Crippen molar-refractivity contribution in [1.29, 1.82) is 0 Å². The molecule has 2 nitrogen and oxygen atoms in total. The maximum atomic E-state index is 12.8. The Morgan fingerprint density at radius 1 is 1.60 bits per heavy atom. The first-order chi connectivity index (χ1) is 7.00. The third-order valence-electron chi connectivity index (χ3n) is 1.72. The molecule has 1 rings (SSSR count). The number of nitrogens with one attached hydrogen (secondary N) is 1. The van der Waals surface area contributed by atoms with Crippen molar-refractivity contribution in [2.45, 2.75) is 11.8 Å². The zero-order valence-electron chi connectivity index (χ0n) is 8.06. The van der Waals surface area contributed by atoms with Crippen molar-refractivity contribution in [2.75, 3.05) is 6.54 Å². The molecule has 0 aliphatic rings. The molecule has 0 fully saturated rings. The molecule has 0 radical (unpaired) electrons. The lowest BCUT2D eigenvalue weighted by molar-refractivity contribution is 0.0953. The van der Waals surface area contributed by atoms with Crippen LogP contribution in [-0.4, -0.2) is 17.3 Å². The minimum Gasteiger partial charge on any atom is -0.351 e. The van der Waals surface area contributed by atoms with E-state index in [-0.39, 0.29) is 16.6 Å². The van der Waals surface area contributed by atoms with Gasteiger partial charge in [0.25, 0.3) is 5.91 Å². The van der Waals surface area contributed by atoms with Crippen LogP contribution in [-0.2, 0) is 0 Å². The van der Waals surface area contributed by atoms with Gasteiger partial charge in [-0.25, -0.2) is 4.39 Å². The highest BCUT2D eigenvalue weighted by molar-refractivity contribution is 9.10. The summed E-state index contributed by atoms with van der Waals surface area (Å²) in [4.78, 5) is 11.8. The fourth-order valence-electron chi connectivity index (χ4n) is 1.00. The second kappa shape index (κ2) is 5.61. The highest BCUT2D eigenvalue weighted by Gasteiger charge is 2.10. The lowest BCUT2D eigenvalue weighted by Gasteiger charge is -2.07. The van der Waals surface area contributed by atoms with E-state index < -0.39 is 0 Å². The monoisotopic (exact) mass is 337 g/mol. The smallest absolute Gasteiger partial charge is 0.252 e. The molecule has 5 heteroatoms. The van der Waals surface area contributed by atoms with Crippen molar-refractivity contribution in [3.05, 3.63) is 34.1 Å². The SMILES string of the molecule is CC(Br)CNC(=O)c1ccc(F)cc1Br. The molecule has 1 atom stereocenters. The molecule has 1 N–H and O–H groups in total. The predicted molar refractivity (Wildman–Crippen MR) is 64.8 cm³/mol. The third-order valence-corrected chi connectivity index (χ3v) is 2.70. The summed E-state index contributed by atoms with van der Waals surface area (Å²) < 4.78 is 13.2. The van der Waals surface area contributed by atoms with Crippen LogP contribution in [0.2, 0.25) is 0 Å². The largest absolute Gasteiger partial charge is 0.351 e. The van der Waals surface area contributed by atoms with E-state index in [1.165, 1.54) is 18.2 Å². The van der Waals surface area contributed by atoms with Gasteiger partial charge in [0, 0.05) is 15.8 Å². The van der Waals surface area contributed by atoms with Crippen LogP contribution in [0.1, 0.15) is 17.3 Å². The molecule has 82 valence electrons. The fourth-order valence-corrected chi connectivity index (χ4v) is 1.69. The minimum absolute atomic E-state index is 0.209. The Balaban J connectivity index is 2.74. The van der Waals surface area contributed by atoms with Crippen molar-refractivity contribution < 1.29 is 9.18 Å². The maximum absolute atomic E-state index is 12.8. The highest BCUT2D eigenvalue weighted by Crippen LogP contribution is 2.17. The Hall–Kier alpha value is -0.420. The third kappa shape index (κ3) is 3.91. The van der Waals surface area contributed by atoms with Gasteiger partial charge in [-0.1, -0.05) is 22.9 Å². The Kier molecular flexibility index (Phi) is 4.73. The summed E-state index contributed by atoms with van der Waals surface area (Å²) in [7, 11) is 0. The summed E-state index contributed by atoms with van der Waals surface area (Å²) in [5.74, 6) is -0.583. The summed E-state index contributed by atoms with van der Waals surface area (Å²) >= 11 is 6.46. The number of rotatable bonds is 3. The van der Waals surface area contributed by atoms with Crippen molar-refractivity contribution in [1.82, 2.24) is 5.32 Å². The topological polar surface area (TPSA) is 29.1 Å². The summed E-state index contributed by atoms with van der Waals surface area (Å²) in [5.41, 5.74) is 0.435. The van der Waals surface area contributed by atoms with Crippen molar-refractivity contribution in [3.63, 3.8) is 0 Å². The summed E-state index contributed by atoms with van der Waals surface area (Å²) in [6.07, 6.45) is 0. The van der Waals surface area contributed by atoms with E-state index in [4.69, 9.17) is 0 Å². The highest BCUT2D eigenvalue weighted by atomic mass is 79.9. The molecule has 0 aliphatic carbocycles. The average Bonchev–Trinajstić information content (AvgIpc) is 2.14. The van der Waals surface area contributed by atoms with Gasteiger partial charge in [0.05, 0.1) is 5.56 Å². The van der Waals surface area contributed by atoms with Gasteiger partial charge < -0.3 is 5.32 Å². The molecule has 0 saturated heterocycles. The van der Waals surface area contributed by atoms with E-state index in [1.807, 2.05) is 6.92 Å². The van der Waals surface area contributed by atoms with E-state index >= 15 is 0 Å². The van der Waals surface area contributed by atoms with Crippen LogP contribution in [0, 0.1) is 5.82 Å². The second-order valence-electron chi connectivity index (χ2n) is 3.11. The van der Waals surface area contributed by atoms with Crippen LogP contribution in [0.15, 0.2) is 22.7 Å². The van der Waals surface area contributed by atoms with E-state index in [2.05, 4.69) is 37.2 Å². The Labute approximate surface area is 105 Å². The number of carbonyl (C=O) groups is 1. The second-order valence-corrected chi connectivity index (χ2v) is 5.53. The summed E-state index contributed by atoms with van der Waals surface area (Å²) in [5, 5.41) is 2.72. The van der Waals surface area contributed by atoms with Gasteiger partial charge in [0.1, 0.15) is 5.82 Å². The fraction of sp³-hybridized carbons (Fsp3) is 0.300. The molecule has 0 spiro atoms. The van der Waals surface area contributed by atoms with Gasteiger partial charge >= 0.3 is 0 Å². The maximum Gasteiger partial charge on any atom is 0.252 e. The zero-order chi connectivity index (χ0) is 11.4. The number of halogens is 3. The molecule has 1 aromatic carbocycles. The standard InChI is InChI=1S/C10H10Br2FNO/c1-6(11)5-14-10(15)8-3-2-7(13)4-9(8)12/h2-4,6H,5H2,1H3,(H,14,15). The van der Waals surface area contributed by atoms with Gasteiger partial charge in [-0.2, -0.15) is 0 Å². The zero-order valence-corrected chi connectivity index (χ0v) is 11.2. The molecule has 0 aromatic heterocycles. The molecule has 0 aliphatic heterocycles. The lowest BCUT2D eigenvalue weighted by atomic mass is 10.2. The minimum atomic E-state index is -0.368. The van der Waals surface area contributed by atoms with Gasteiger partial charge in [0.2, 0.25) is 0 Å². The Morgan fingerprint density at radius 2 is 2.27 bits per heavy atom. The van der Waals surface area contributed by atoms with Crippen LogP contribution in [0.3, 0.4) is 0 Å². The van der Waals surface area contributed by atoms with E-state index in [9.17, 15) is 9.18 Å². The molecule has 1 aromatic rings. The Bertz CT molecular complexity index is 368. The normalized spacial score (nSPS) is 12.3. The quantitative estimate of drug-likeness (QED) is 0.843. The molecule has 1 amide bonds. The number of carbonyl (C=O) groups excluding carboxylic acids is 1. The van der Waals surface area contributed by atoms with Crippen LogP contribution >= 0.6 is 31.9 Å². The van der Waals surface area contributed by atoms with Gasteiger partial charge in [-0.15, -0.1) is 0 Å². The number of benzene rings is 1. The number of hydrogen-bond donors (Lipinski definition) is 1. The van der Waals surface area contributed by atoms with Gasteiger partial charge in [0.15, 0.2) is 0 Å². The molecule has 0 heterocycles. The van der Waals surface area contributed by atoms with E-state index in [0.29, 0.717) is 16.6 Å².